The van der Waals surface area contributed by atoms with Crippen LogP contribution in [-0.2, 0) is 6.42 Å². The lowest BCUT2D eigenvalue weighted by atomic mass is 10.1. The Morgan fingerprint density at radius 3 is 2.95 bits per heavy atom. The summed E-state index contributed by atoms with van der Waals surface area (Å²) < 4.78 is 0. The average molecular weight is 275 g/mol. The number of thioether (sulfide) groups is 1. The number of para-hydroxylation sites is 1. The summed E-state index contributed by atoms with van der Waals surface area (Å²) in [6.45, 7) is 4.65. The monoisotopic (exact) mass is 275 g/mol. The van der Waals surface area contributed by atoms with Crippen molar-refractivity contribution in [3.63, 3.8) is 0 Å². The third-order valence-corrected chi connectivity index (χ3v) is 4.63. The second-order valence-electron chi connectivity index (χ2n) is 5.12. The molecule has 0 amide bonds. The molecule has 3 rings (SSSR count). The molecule has 0 aliphatic carbocycles. The molecule has 0 unspecified atom stereocenters. The van der Waals surface area contributed by atoms with Gasteiger partial charge in [0, 0.05) is 24.5 Å². The minimum atomic E-state index is 0.899. The molecule has 0 atom stereocenters. The van der Waals surface area contributed by atoms with E-state index >= 15 is 0 Å². The lowest BCUT2D eigenvalue weighted by molar-refractivity contribution is 0.362. The minimum Gasteiger partial charge on any atom is -0.335 e. The molecule has 0 spiro atoms. The van der Waals surface area contributed by atoms with Gasteiger partial charge in [0.05, 0.1) is 0 Å². The SMILES string of the molecule is c1ccc2c(c1)CCN=C(SCCN1CCCC1)N2. The van der Waals surface area contributed by atoms with Crippen LogP contribution in [0.4, 0.5) is 5.69 Å². The van der Waals surface area contributed by atoms with Crippen LogP contribution < -0.4 is 5.32 Å². The maximum Gasteiger partial charge on any atom is 0.161 e. The summed E-state index contributed by atoms with van der Waals surface area (Å²) in [4.78, 5) is 7.21. The van der Waals surface area contributed by atoms with Crippen molar-refractivity contribution in [3.8, 4) is 0 Å². The van der Waals surface area contributed by atoms with Crippen molar-refractivity contribution in [3.05, 3.63) is 29.8 Å². The molecular weight excluding hydrogens is 254 g/mol. The Kier molecular flexibility index (Phi) is 4.41. The Balaban J connectivity index is 1.52. The van der Waals surface area contributed by atoms with E-state index in [2.05, 4.69) is 39.5 Å². The van der Waals surface area contributed by atoms with Gasteiger partial charge in [-0.05, 0) is 44.0 Å². The number of anilines is 1. The molecule has 1 fully saturated rings. The number of benzene rings is 1. The first-order valence-corrected chi connectivity index (χ1v) is 8.15. The lowest BCUT2D eigenvalue weighted by Crippen LogP contribution is -2.23. The second-order valence-corrected chi connectivity index (χ2v) is 6.20. The van der Waals surface area contributed by atoms with Gasteiger partial charge in [-0.2, -0.15) is 0 Å². The standard InChI is InChI=1S/C15H21N3S/c1-2-6-14-13(5-1)7-8-16-15(17-14)19-12-11-18-9-3-4-10-18/h1-2,5-6H,3-4,7-12H2,(H,16,17). The number of likely N-dealkylation sites (tertiary alicyclic amines) is 1. The zero-order valence-corrected chi connectivity index (χ0v) is 12.1. The number of nitrogens with one attached hydrogen (secondary N) is 1. The van der Waals surface area contributed by atoms with Gasteiger partial charge in [0.2, 0.25) is 0 Å². The number of rotatable bonds is 3. The topological polar surface area (TPSA) is 27.6 Å². The van der Waals surface area contributed by atoms with Crippen LogP contribution >= 0.6 is 11.8 Å². The van der Waals surface area contributed by atoms with Crippen molar-refractivity contribution in [1.29, 1.82) is 0 Å². The molecule has 0 aromatic heterocycles. The van der Waals surface area contributed by atoms with Crippen molar-refractivity contribution >= 4 is 22.6 Å². The average Bonchev–Trinajstić information content (AvgIpc) is 2.85. The number of aliphatic imine (C=N–C) groups is 1. The summed E-state index contributed by atoms with van der Waals surface area (Å²) in [5.41, 5.74) is 2.61. The molecule has 1 saturated heterocycles. The second kappa shape index (κ2) is 6.44. The molecule has 19 heavy (non-hydrogen) atoms. The van der Waals surface area contributed by atoms with E-state index in [9.17, 15) is 0 Å². The van der Waals surface area contributed by atoms with Crippen molar-refractivity contribution in [1.82, 2.24) is 4.90 Å². The van der Waals surface area contributed by atoms with Crippen LogP contribution in [0.5, 0.6) is 0 Å². The van der Waals surface area contributed by atoms with Crippen molar-refractivity contribution in [2.45, 2.75) is 19.3 Å². The molecule has 2 heterocycles. The fourth-order valence-corrected chi connectivity index (χ4v) is 3.56. The number of fused-ring (bicyclic) bond motifs is 1. The molecule has 2 aliphatic rings. The normalized spacial score (nSPS) is 19.5. The first-order valence-electron chi connectivity index (χ1n) is 7.16. The van der Waals surface area contributed by atoms with Gasteiger partial charge in [-0.25, -0.2) is 0 Å². The molecule has 102 valence electrons. The van der Waals surface area contributed by atoms with Gasteiger partial charge >= 0.3 is 0 Å². The summed E-state index contributed by atoms with van der Waals surface area (Å²) in [6, 6.07) is 8.53. The molecule has 0 saturated carbocycles. The van der Waals surface area contributed by atoms with E-state index in [1.54, 1.807) is 0 Å². The van der Waals surface area contributed by atoms with E-state index in [1.807, 2.05) is 11.8 Å². The first kappa shape index (κ1) is 13.0. The molecular formula is C15H21N3S. The number of nitrogens with zero attached hydrogens (tertiary/aromatic N) is 2. The molecule has 2 aliphatic heterocycles. The summed E-state index contributed by atoms with van der Waals surface area (Å²) >= 11 is 1.86. The number of amidine groups is 1. The van der Waals surface area contributed by atoms with Crippen LogP contribution in [0.3, 0.4) is 0 Å². The molecule has 1 aromatic rings. The smallest absolute Gasteiger partial charge is 0.161 e. The van der Waals surface area contributed by atoms with Gasteiger partial charge in [0.25, 0.3) is 0 Å². The molecule has 4 heteroatoms. The van der Waals surface area contributed by atoms with Crippen LogP contribution in [0.1, 0.15) is 18.4 Å². The zero-order valence-electron chi connectivity index (χ0n) is 11.3. The predicted octanol–water partition coefficient (Wildman–Crippen LogP) is 2.84. The Morgan fingerprint density at radius 2 is 2.05 bits per heavy atom. The molecule has 3 nitrogen and oxygen atoms in total. The summed E-state index contributed by atoms with van der Waals surface area (Å²) in [6.07, 6.45) is 3.79. The van der Waals surface area contributed by atoms with E-state index < -0.39 is 0 Å². The van der Waals surface area contributed by atoms with Gasteiger partial charge in [-0.3, -0.25) is 4.99 Å². The molecule has 0 bridgehead atoms. The van der Waals surface area contributed by atoms with Crippen LogP contribution in [0, 0.1) is 0 Å². The minimum absolute atomic E-state index is 0.899. The fourth-order valence-electron chi connectivity index (χ4n) is 2.65. The van der Waals surface area contributed by atoms with E-state index in [0.717, 1.165) is 23.9 Å². The maximum atomic E-state index is 4.65. The van der Waals surface area contributed by atoms with E-state index in [0.29, 0.717) is 0 Å². The van der Waals surface area contributed by atoms with Gasteiger partial charge in [0.15, 0.2) is 5.17 Å². The summed E-state index contributed by atoms with van der Waals surface area (Å²) in [5.74, 6) is 1.13. The highest BCUT2D eigenvalue weighted by atomic mass is 32.2. The Hall–Kier alpha value is -1.00. The van der Waals surface area contributed by atoms with E-state index in [4.69, 9.17) is 0 Å². The highest BCUT2D eigenvalue weighted by molar-refractivity contribution is 8.14. The third-order valence-electron chi connectivity index (χ3n) is 3.74. The van der Waals surface area contributed by atoms with Crippen LogP contribution in [-0.4, -0.2) is 42.0 Å². The maximum absolute atomic E-state index is 4.65. The number of hydrogen-bond acceptors (Lipinski definition) is 4. The fraction of sp³-hybridized carbons (Fsp3) is 0.533. The van der Waals surface area contributed by atoms with Gasteiger partial charge in [0.1, 0.15) is 0 Å². The van der Waals surface area contributed by atoms with Crippen molar-refractivity contribution in [2.24, 2.45) is 4.99 Å². The third kappa shape index (κ3) is 3.51. The molecule has 0 radical (unpaired) electrons. The quantitative estimate of drug-likeness (QED) is 0.919. The predicted molar refractivity (Wildman–Crippen MR) is 84.2 cm³/mol. The molecule has 1 aromatic carbocycles. The van der Waals surface area contributed by atoms with Crippen molar-refractivity contribution in [2.75, 3.05) is 37.2 Å². The largest absolute Gasteiger partial charge is 0.335 e. The molecule has 1 N–H and O–H groups in total. The summed E-state index contributed by atoms with van der Waals surface area (Å²) in [5, 5.41) is 4.57. The van der Waals surface area contributed by atoms with E-state index in [-0.39, 0.29) is 0 Å². The van der Waals surface area contributed by atoms with Crippen molar-refractivity contribution < 1.29 is 0 Å². The van der Waals surface area contributed by atoms with E-state index in [1.165, 1.54) is 43.7 Å². The van der Waals surface area contributed by atoms with Crippen LogP contribution in [0.15, 0.2) is 29.3 Å². The number of hydrogen-bond donors (Lipinski definition) is 1. The van der Waals surface area contributed by atoms with Gasteiger partial charge in [-0.15, -0.1) is 0 Å². The van der Waals surface area contributed by atoms with Gasteiger partial charge in [-0.1, -0.05) is 30.0 Å². The Labute approximate surface area is 119 Å². The first-order chi connectivity index (χ1) is 9.42. The highest BCUT2D eigenvalue weighted by Gasteiger charge is 2.13. The van der Waals surface area contributed by atoms with Crippen LogP contribution in [0.25, 0.3) is 0 Å². The lowest BCUT2D eigenvalue weighted by Gasteiger charge is -2.14. The Bertz CT molecular complexity index is 452. The Morgan fingerprint density at radius 1 is 1.21 bits per heavy atom. The summed E-state index contributed by atoms with van der Waals surface area (Å²) in [7, 11) is 0. The van der Waals surface area contributed by atoms with Crippen LogP contribution in [0.2, 0.25) is 0 Å². The highest BCUT2D eigenvalue weighted by Crippen LogP contribution is 2.21. The van der Waals surface area contributed by atoms with Gasteiger partial charge < -0.3 is 10.2 Å². The zero-order chi connectivity index (χ0) is 12.9.